The van der Waals surface area contributed by atoms with Crippen LogP contribution in [0.5, 0.6) is 0 Å². The number of hydrogen-bond acceptors (Lipinski definition) is 4. The van der Waals surface area contributed by atoms with E-state index in [1.165, 1.54) is 0 Å². The summed E-state index contributed by atoms with van der Waals surface area (Å²) in [6, 6.07) is 4.99. The van der Waals surface area contributed by atoms with Crippen molar-refractivity contribution in [2.24, 2.45) is 0 Å². The summed E-state index contributed by atoms with van der Waals surface area (Å²) >= 11 is 6.01. The fraction of sp³-hybridized carbons (Fsp3) is 0.182. The molecule has 0 radical (unpaired) electrons. The van der Waals surface area contributed by atoms with Gasteiger partial charge in [-0.05, 0) is 18.2 Å². The van der Waals surface area contributed by atoms with Crippen molar-refractivity contribution >= 4 is 33.0 Å². The molecule has 0 spiro atoms. The molecular formula is C11H13ClN4O2S. The van der Waals surface area contributed by atoms with Crippen molar-refractivity contribution in [2.75, 3.05) is 16.3 Å². The SMILES string of the molecule is CS(=O)(=O)Nc1ccc(NCc2ncc[nH]2)cc1Cl. The minimum atomic E-state index is -3.33. The van der Waals surface area contributed by atoms with Crippen LogP contribution in [0, 0.1) is 0 Å². The minimum absolute atomic E-state index is 0.329. The zero-order valence-corrected chi connectivity index (χ0v) is 11.7. The molecule has 0 aliphatic carbocycles. The number of imidazole rings is 1. The largest absolute Gasteiger partial charge is 0.378 e. The van der Waals surface area contributed by atoms with Crippen LogP contribution >= 0.6 is 11.6 Å². The number of benzene rings is 1. The molecule has 3 N–H and O–H groups in total. The number of hydrogen-bond donors (Lipinski definition) is 3. The van der Waals surface area contributed by atoms with E-state index >= 15 is 0 Å². The number of nitrogens with zero attached hydrogens (tertiary/aromatic N) is 1. The van der Waals surface area contributed by atoms with Gasteiger partial charge in [0.05, 0.1) is 23.5 Å². The van der Waals surface area contributed by atoms with Crippen molar-refractivity contribution in [3.63, 3.8) is 0 Å². The second-order valence-electron chi connectivity index (χ2n) is 3.96. The average molecular weight is 301 g/mol. The van der Waals surface area contributed by atoms with Crippen molar-refractivity contribution in [3.8, 4) is 0 Å². The number of anilines is 2. The van der Waals surface area contributed by atoms with Gasteiger partial charge in [-0.25, -0.2) is 13.4 Å². The van der Waals surface area contributed by atoms with Crippen LogP contribution in [0.1, 0.15) is 5.82 Å². The number of H-pyrrole nitrogens is 1. The highest BCUT2D eigenvalue weighted by atomic mass is 35.5. The Hall–Kier alpha value is -1.73. The van der Waals surface area contributed by atoms with Crippen molar-refractivity contribution in [2.45, 2.75) is 6.54 Å². The summed E-state index contributed by atoms with van der Waals surface area (Å²) in [5.41, 5.74) is 1.13. The number of sulfonamides is 1. The van der Waals surface area contributed by atoms with Gasteiger partial charge >= 0.3 is 0 Å². The molecule has 0 atom stereocenters. The van der Waals surface area contributed by atoms with Gasteiger partial charge in [0.2, 0.25) is 10.0 Å². The zero-order valence-electron chi connectivity index (χ0n) is 10.1. The summed E-state index contributed by atoms with van der Waals surface area (Å²) in [5, 5.41) is 3.45. The van der Waals surface area contributed by atoms with E-state index in [-0.39, 0.29) is 0 Å². The van der Waals surface area contributed by atoms with E-state index in [0.717, 1.165) is 17.8 Å². The lowest BCUT2D eigenvalue weighted by Crippen LogP contribution is -2.10. The van der Waals surface area contributed by atoms with E-state index in [1.807, 2.05) is 0 Å². The lowest BCUT2D eigenvalue weighted by Gasteiger charge is -2.09. The Kier molecular flexibility index (Phi) is 3.96. The van der Waals surface area contributed by atoms with Gasteiger partial charge < -0.3 is 10.3 Å². The molecule has 0 bridgehead atoms. The second kappa shape index (κ2) is 5.50. The molecule has 0 amide bonds. The third kappa shape index (κ3) is 4.15. The molecule has 2 aromatic rings. The molecule has 0 fully saturated rings. The summed E-state index contributed by atoms with van der Waals surface area (Å²) in [4.78, 5) is 7.04. The molecule has 2 rings (SSSR count). The van der Waals surface area contributed by atoms with Gasteiger partial charge in [0.15, 0.2) is 0 Å². The Balaban J connectivity index is 2.06. The van der Waals surface area contributed by atoms with Crippen molar-refractivity contribution in [1.82, 2.24) is 9.97 Å². The Morgan fingerprint density at radius 3 is 2.79 bits per heavy atom. The summed E-state index contributed by atoms with van der Waals surface area (Å²) in [7, 11) is -3.33. The van der Waals surface area contributed by atoms with Crippen LogP contribution in [0.3, 0.4) is 0 Å². The number of nitrogens with one attached hydrogen (secondary N) is 3. The molecule has 0 unspecified atom stereocenters. The summed E-state index contributed by atoms with van der Waals surface area (Å²) in [6.07, 6.45) is 4.48. The van der Waals surface area contributed by atoms with E-state index in [1.54, 1.807) is 30.6 Å². The van der Waals surface area contributed by atoms with Crippen LogP contribution in [-0.2, 0) is 16.6 Å². The molecule has 1 heterocycles. The Morgan fingerprint density at radius 2 is 2.21 bits per heavy atom. The zero-order chi connectivity index (χ0) is 13.9. The lowest BCUT2D eigenvalue weighted by molar-refractivity contribution is 0.607. The maximum atomic E-state index is 11.1. The highest BCUT2D eigenvalue weighted by Gasteiger charge is 2.07. The van der Waals surface area contributed by atoms with E-state index < -0.39 is 10.0 Å². The second-order valence-corrected chi connectivity index (χ2v) is 6.11. The molecule has 6 nitrogen and oxygen atoms in total. The molecular weight excluding hydrogens is 288 g/mol. The fourth-order valence-electron chi connectivity index (χ4n) is 1.49. The Bertz CT molecular complexity index is 655. The maximum Gasteiger partial charge on any atom is 0.229 e. The molecule has 19 heavy (non-hydrogen) atoms. The number of aromatic nitrogens is 2. The van der Waals surface area contributed by atoms with Gasteiger partial charge in [0.1, 0.15) is 5.82 Å². The van der Waals surface area contributed by atoms with E-state index in [0.29, 0.717) is 17.3 Å². The molecule has 0 saturated heterocycles. The maximum absolute atomic E-state index is 11.1. The first kappa shape index (κ1) is 13.7. The monoisotopic (exact) mass is 300 g/mol. The molecule has 8 heteroatoms. The summed E-state index contributed by atoms with van der Waals surface area (Å²) < 4.78 is 24.6. The van der Waals surface area contributed by atoms with Gasteiger partial charge in [-0.3, -0.25) is 4.72 Å². The Morgan fingerprint density at radius 1 is 1.42 bits per heavy atom. The van der Waals surface area contributed by atoms with Gasteiger partial charge in [0.25, 0.3) is 0 Å². The highest BCUT2D eigenvalue weighted by molar-refractivity contribution is 7.92. The summed E-state index contributed by atoms with van der Waals surface area (Å²) in [6.45, 7) is 0.530. The van der Waals surface area contributed by atoms with E-state index in [9.17, 15) is 8.42 Å². The third-order valence-corrected chi connectivity index (χ3v) is 3.18. The molecule has 102 valence electrons. The van der Waals surface area contributed by atoms with Crippen LogP contribution in [0.15, 0.2) is 30.6 Å². The van der Waals surface area contributed by atoms with Crippen LogP contribution in [-0.4, -0.2) is 24.6 Å². The van der Waals surface area contributed by atoms with Crippen LogP contribution in [0.4, 0.5) is 11.4 Å². The predicted molar refractivity (Wildman–Crippen MR) is 75.8 cm³/mol. The number of halogens is 1. The standard InChI is InChI=1S/C11H13ClN4O2S/c1-19(17,18)16-10-3-2-8(6-9(10)12)15-7-11-13-4-5-14-11/h2-6,15-16H,7H2,1H3,(H,13,14). The van der Waals surface area contributed by atoms with Crippen LogP contribution in [0.2, 0.25) is 5.02 Å². The third-order valence-electron chi connectivity index (χ3n) is 2.28. The number of rotatable bonds is 5. The van der Waals surface area contributed by atoms with E-state index in [2.05, 4.69) is 20.0 Å². The first-order chi connectivity index (χ1) is 8.94. The smallest absolute Gasteiger partial charge is 0.229 e. The first-order valence-electron chi connectivity index (χ1n) is 5.43. The van der Waals surface area contributed by atoms with Gasteiger partial charge in [-0.15, -0.1) is 0 Å². The topological polar surface area (TPSA) is 86.9 Å². The predicted octanol–water partition coefficient (Wildman–Crippen LogP) is 2.05. The van der Waals surface area contributed by atoms with Crippen molar-refractivity contribution < 1.29 is 8.42 Å². The molecule has 0 aliphatic rings. The molecule has 1 aromatic heterocycles. The summed E-state index contributed by atoms with van der Waals surface area (Å²) in [5.74, 6) is 0.800. The van der Waals surface area contributed by atoms with Crippen LogP contribution in [0.25, 0.3) is 0 Å². The lowest BCUT2D eigenvalue weighted by atomic mass is 10.3. The quantitative estimate of drug-likeness (QED) is 0.788. The van der Waals surface area contributed by atoms with Gasteiger partial charge in [-0.1, -0.05) is 11.6 Å². The minimum Gasteiger partial charge on any atom is -0.378 e. The highest BCUT2D eigenvalue weighted by Crippen LogP contribution is 2.26. The molecule has 0 aliphatic heterocycles. The fourth-order valence-corrected chi connectivity index (χ4v) is 2.35. The van der Waals surface area contributed by atoms with Gasteiger partial charge in [-0.2, -0.15) is 0 Å². The molecule has 1 aromatic carbocycles. The normalized spacial score (nSPS) is 11.3. The van der Waals surface area contributed by atoms with Crippen molar-refractivity contribution in [3.05, 3.63) is 41.4 Å². The Labute approximate surface area is 116 Å². The van der Waals surface area contributed by atoms with Crippen LogP contribution < -0.4 is 10.0 Å². The van der Waals surface area contributed by atoms with Crippen molar-refractivity contribution in [1.29, 1.82) is 0 Å². The van der Waals surface area contributed by atoms with E-state index in [4.69, 9.17) is 11.6 Å². The molecule has 0 saturated carbocycles. The average Bonchev–Trinajstić information content (AvgIpc) is 2.81. The first-order valence-corrected chi connectivity index (χ1v) is 7.70. The van der Waals surface area contributed by atoms with Gasteiger partial charge in [0, 0.05) is 18.1 Å². The number of aromatic amines is 1.